The molecule has 0 aromatic rings. The number of hydrogen-bond acceptors (Lipinski definition) is 4. The Balaban J connectivity index is 2.75. The molecule has 0 aromatic heterocycles. The van der Waals surface area contributed by atoms with Gasteiger partial charge in [-0.05, 0) is 0 Å². The van der Waals surface area contributed by atoms with Crippen molar-refractivity contribution in [2.75, 3.05) is 6.61 Å². The molecule has 0 amide bonds. The first-order valence-electron chi connectivity index (χ1n) is 1.49. The van der Waals surface area contributed by atoms with E-state index in [0.717, 1.165) is 0 Å². The Morgan fingerprint density at radius 1 is 1.67 bits per heavy atom. The number of aliphatic hydroxyl groups excluding tert-OH is 2. The van der Waals surface area contributed by atoms with Gasteiger partial charge >= 0.3 is 0 Å². The predicted octanol–water partition coefficient (Wildman–Crippen LogP) is -1.72. The summed E-state index contributed by atoms with van der Waals surface area (Å²) in [6.07, 6.45) is -1.20. The minimum atomic E-state index is -1.20. The summed E-state index contributed by atoms with van der Waals surface area (Å²) < 4.78 is 0. The summed E-state index contributed by atoms with van der Waals surface area (Å²) in [7, 11) is 0. The van der Waals surface area contributed by atoms with E-state index >= 15 is 0 Å². The first-order valence-corrected chi connectivity index (χ1v) is 1.49. The average Bonchev–Trinajstić information content (AvgIpc) is 1.65. The minimum Gasteiger partial charge on any atom is -0.392 e. The van der Waals surface area contributed by atoms with E-state index in [1.807, 2.05) is 0 Å². The second-order valence-electron chi connectivity index (χ2n) is 0.827. The van der Waals surface area contributed by atoms with E-state index in [2.05, 4.69) is 0 Å². The molecule has 0 rings (SSSR count). The van der Waals surface area contributed by atoms with Crippen LogP contribution in [0, 0.1) is 0 Å². The zero-order valence-electron chi connectivity index (χ0n) is 3.13. The summed E-state index contributed by atoms with van der Waals surface area (Å²) in [5, 5.41) is 23.6. The van der Waals surface area contributed by atoms with Crippen LogP contribution in [0.1, 0.15) is 0 Å². The van der Waals surface area contributed by atoms with Gasteiger partial charge in [0.25, 0.3) is 0 Å². The van der Waals surface area contributed by atoms with Crippen LogP contribution in [0.3, 0.4) is 0 Å². The van der Waals surface area contributed by atoms with Crippen molar-refractivity contribution < 1.29 is 15.4 Å². The third-order valence-electron chi connectivity index (χ3n) is 0.322. The molecule has 0 saturated carbocycles. The van der Waals surface area contributed by atoms with Gasteiger partial charge in [-0.15, -0.1) is 0 Å². The van der Waals surface area contributed by atoms with E-state index < -0.39 is 12.8 Å². The standard InChI is InChI=1S/C2H7NO3/c4-1-2(5)3-6/h2-6H,1H2. The van der Waals surface area contributed by atoms with Gasteiger partial charge in [0.15, 0.2) is 0 Å². The van der Waals surface area contributed by atoms with Gasteiger partial charge in [0.2, 0.25) is 0 Å². The summed E-state index contributed by atoms with van der Waals surface area (Å²) >= 11 is 0. The quantitative estimate of drug-likeness (QED) is 0.242. The Labute approximate surface area is 35.0 Å². The highest BCUT2D eigenvalue weighted by atomic mass is 16.5. The monoisotopic (exact) mass is 93.0 g/mol. The van der Waals surface area contributed by atoms with Crippen LogP contribution in [0.5, 0.6) is 0 Å². The zero-order valence-corrected chi connectivity index (χ0v) is 3.13. The molecule has 0 bridgehead atoms. The van der Waals surface area contributed by atoms with Crippen LogP contribution in [0.4, 0.5) is 0 Å². The van der Waals surface area contributed by atoms with Gasteiger partial charge in [-0.1, -0.05) is 0 Å². The van der Waals surface area contributed by atoms with E-state index in [9.17, 15) is 0 Å². The fourth-order valence-electron chi connectivity index (χ4n) is 0.0408. The largest absolute Gasteiger partial charge is 0.392 e. The lowest BCUT2D eigenvalue weighted by Gasteiger charge is -1.99. The number of hydroxylamine groups is 1. The van der Waals surface area contributed by atoms with E-state index in [1.54, 1.807) is 0 Å². The van der Waals surface area contributed by atoms with Gasteiger partial charge in [-0.2, -0.15) is 5.48 Å². The Morgan fingerprint density at radius 3 is 2.17 bits per heavy atom. The number of nitrogens with one attached hydrogen (secondary N) is 1. The third-order valence-corrected chi connectivity index (χ3v) is 0.322. The molecular weight excluding hydrogens is 86.0 g/mol. The molecule has 0 saturated heterocycles. The highest BCUT2D eigenvalue weighted by Crippen LogP contribution is 1.63. The molecule has 0 aromatic carbocycles. The molecule has 0 heterocycles. The third kappa shape index (κ3) is 2.10. The summed E-state index contributed by atoms with van der Waals surface area (Å²) in [5.74, 6) is 0. The second kappa shape index (κ2) is 3.05. The predicted molar refractivity (Wildman–Crippen MR) is 18.0 cm³/mol. The Bertz CT molecular complexity index is 28.0. The second-order valence-corrected chi connectivity index (χ2v) is 0.827. The van der Waals surface area contributed by atoms with Gasteiger partial charge in [-0.3, -0.25) is 0 Å². The topological polar surface area (TPSA) is 72.7 Å². The summed E-state index contributed by atoms with van der Waals surface area (Å²) in [4.78, 5) is 0. The SMILES string of the molecule is OCC(O)NO. The van der Waals surface area contributed by atoms with Crippen LogP contribution in [0.25, 0.3) is 0 Å². The first kappa shape index (κ1) is 5.84. The van der Waals surface area contributed by atoms with Crippen LogP contribution in [0.2, 0.25) is 0 Å². The molecule has 4 N–H and O–H groups in total. The summed E-state index contributed by atoms with van der Waals surface area (Å²) in [6.45, 7) is -0.476. The maximum atomic E-state index is 8.06. The van der Waals surface area contributed by atoms with Crippen molar-refractivity contribution in [3.63, 3.8) is 0 Å². The van der Waals surface area contributed by atoms with E-state index in [1.165, 1.54) is 5.48 Å². The first-order chi connectivity index (χ1) is 2.81. The maximum absolute atomic E-state index is 8.06. The van der Waals surface area contributed by atoms with Crippen molar-refractivity contribution in [3.05, 3.63) is 0 Å². The van der Waals surface area contributed by atoms with E-state index in [4.69, 9.17) is 15.4 Å². The van der Waals surface area contributed by atoms with E-state index in [0.29, 0.717) is 0 Å². The van der Waals surface area contributed by atoms with Crippen molar-refractivity contribution in [3.8, 4) is 0 Å². The van der Waals surface area contributed by atoms with Crippen LogP contribution < -0.4 is 5.48 Å². The molecule has 1 unspecified atom stereocenters. The Hall–Kier alpha value is -0.160. The molecule has 0 aliphatic carbocycles. The fraction of sp³-hybridized carbons (Fsp3) is 1.00. The van der Waals surface area contributed by atoms with Gasteiger partial charge in [0.1, 0.15) is 6.23 Å². The van der Waals surface area contributed by atoms with Crippen LogP contribution in [0.15, 0.2) is 0 Å². The van der Waals surface area contributed by atoms with Gasteiger partial charge in [0.05, 0.1) is 6.61 Å². The smallest absolute Gasteiger partial charge is 0.149 e. The van der Waals surface area contributed by atoms with Crippen LogP contribution >= 0.6 is 0 Å². The van der Waals surface area contributed by atoms with Gasteiger partial charge in [-0.25, -0.2) is 0 Å². The Kier molecular flexibility index (Phi) is 2.97. The molecule has 38 valence electrons. The lowest BCUT2D eigenvalue weighted by atomic mass is 10.7. The molecule has 0 fully saturated rings. The number of hydrogen-bond donors (Lipinski definition) is 4. The summed E-state index contributed by atoms with van der Waals surface area (Å²) in [6, 6.07) is 0. The van der Waals surface area contributed by atoms with Crippen molar-refractivity contribution in [1.29, 1.82) is 0 Å². The van der Waals surface area contributed by atoms with Crippen LogP contribution in [-0.2, 0) is 0 Å². The van der Waals surface area contributed by atoms with Gasteiger partial charge < -0.3 is 15.4 Å². The average molecular weight is 93.1 g/mol. The molecule has 6 heavy (non-hydrogen) atoms. The molecule has 4 nitrogen and oxygen atoms in total. The fourth-order valence-corrected chi connectivity index (χ4v) is 0.0408. The zero-order chi connectivity index (χ0) is 4.99. The van der Waals surface area contributed by atoms with Crippen LogP contribution in [-0.4, -0.2) is 28.3 Å². The molecule has 0 spiro atoms. The molecule has 0 radical (unpaired) electrons. The molecular formula is C2H7NO3. The molecule has 0 aliphatic heterocycles. The number of aliphatic hydroxyl groups is 2. The van der Waals surface area contributed by atoms with E-state index in [-0.39, 0.29) is 0 Å². The highest BCUT2D eigenvalue weighted by Gasteiger charge is 1.92. The lowest BCUT2D eigenvalue weighted by molar-refractivity contribution is -0.0294. The highest BCUT2D eigenvalue weighted by molar-refractivity contribution is 4.33. The van der Waals surface area contributed by atoms with Gasteiger partial charge in [0, 0.05) is 0 Å². The van der Waals surface area contributed by atoms with Crippen molar-refractivity contribution in [2.45, 2.75) is 6.23 Å². The maximum Gasteiger partial charge on any atom is 0.149 e. The van der Waals surface area contributed by atoms with Crippen molar-refractivity contribution in [1.82, 2.24) is 5.48 Å². The normalized spacial score (nSPS) is 14.5. The van der Waals surface area contributed by atoms with Crippen molar-refractivity contribution in [2.24, 2.45) is 0 Å². The number of rotatable bonds is 2. The molecule has 0 aliphatic rings. The van der Waals surface area contributed by atoms with Crippen molar-refractivity contribution >= 4 is 0 Å². The lowest BCUT2D eigenvalue weighted by Crippen LogP contribution is -2.28. The minimum absolute atomic E-state index is 0.476. The molecule has 1 atom stereocenters. The summed E-state index contributed by atoms with van der Waals surface area (Å²) in [5.41, 5.74) is 1.42. The molecule has 4 heteroatoms. The Morgan fingerprint density at radius 2 is 2.17 bits per heavy atom.